The molecule has 1 N–H and O–H groups in total. The fourth-order valence-electron chi connectivity index (χ4n) is 1.48. The Balaban J connectivity index is 2.43. The Kier molecular flexibility index (Phi) is 2.82. The molecule has 0 bridgehead atoms. The molecule has 0 saturated heterocycles. The van der Waals surface area contributed by atoms with Crippen LogP contribution in [0, 0.1) is 0 Å². The number of benzene rings is 1. The summed E-state index contributed by atoms with van der Waals surface area (Å²) in [7, 11) is 1.82. The van der Waals surface area contributed by atoms with Gasteiger partial charge in [0, 0.05) is 13.6 Å². The molecule has 0 saturated carbocycles. The van der Waals surface area contributed by atoms with Crippen molar-refractivity contribution in [2.24, 2.45) is 0 Å². The number of aromatic nitrogens is 1. The van der Waals surface area contributed by atoms with Crippen LogP contribution in [-0.2, 0) is 0 Å². The average Bonchev–Trinajstić information content (AvgIpc) is 2.71. The zero-order chi connectivity index (χ0) is 12.4. The monoisotopic (exact) mass is 232 g/mol. The summed E-state index contributed by atoms with van der Waals surface area (Å²) in [6.07, 6.45) is 1.73. The molecule has 0 aliphatic rings. The second-order valence-electron chi connectivity index (χ2n) is 3.65. The Bertz CT molecular complexity index is 574. The standard InChI is InChI=1S/C12H12N2O3/c1-3-6-14(2)12-13-9-5-4-8(11(15)16)7-10(9)17-12/h3-5,7H,1,6H2,2H3,(H,15,16). The molecule has 1 heterocycles. The lowest BCUT2D eigenvalue weighted by Gasteiger charge is -2.09. The van der Waals surface area contributed by atoms with Crippen molar-refractivity contribution in [3.05, 3.63) is 36.4 Å². The molecule has 88 valence electrons. The first-order valence-corrected chi connectivity index (χ1v) is 5.07. The Morgan fingerprint density at radius 3 is 3.06 bits per heavy atom. The minimum absolute atomic E-state index is 0.187. The second-order valence-corrected chi connectivity index (χ2v) is 3.65. The van der Waals surface area contributed by atoms with Gasteiger partial charge in [0.15, 0.2) is 5.58 Å². The number of anilines is 1. The number of nitrogens with zero attached hydrogens (tertiary/aromatic N) is 2. The summed E-state index contributed by atoms with van der Waals surface area (Å²) < 4.78 is 5.48. The SMILES string of the molecule is C=CCN(C)c1nc2ccc(C(=O)O)cc2o1. The number of carbonyl (C=O) groups is 1. The average molecular weight is 232 g/mol. The van der Waals surface area contributed by atoms with Gasteiger partial charge in [-0.25, -0.2) is 4.79 Å². The lowest BCUT2D eigenvalue weighted by Crippen LogP contribution is -2.16. The van der Waals surface area contributed by atoms with Gasteiger partial charge in [0.2, 0.25) is 0 Å². The van der Waals surface area contributed by atoms with Crippen LogP contribution in [0.4, 0.5) is 6.01 Å². The van der Waals surface area contributed by atoms with Crippen molar-refractivity contribution in [2.75, 3.05) is 18.5 Å². The van der Waals surface area contributed by atoms with Crippen LogP contribution in [0.1, 0.15) is 10.4 Å². The number of hydrogen-bond donors (Lipinski definition) is 1. The molecular weight excluding hydrogens is 220 g/mol. The number of fused-ring (bicyclic) bond motifs is 1. The second kappa shape index (κ2) is 4.29. The summed E-state index contributed by atoms with van der Waals surface area (Å²) in [5.41, 5.74) is 1.29. The molecule has 1 aromatic heterocycles. The smallest absolute Gasteiger partial charge is 0.335 e. The van der Waals surface area contributed by atoms with E-state index in [9.17, 15) is 4.79 Å². The van der Waals surface area contributed by atoms with E-state index in [-0.39, 0.29) is 5.56 Å². The molecule has 5 nitrogen and oxygen atoms in total. The first-order chi connectivity index (χ1) is 8.11. The highest BCUT2D eigenvalue weighted by molar-refractivity contribution is 5.92. The quantitative estimate of drug-likeness (QED) is 0.818. The minimum atomic E-state index is -0.982. The van der Waals surface area contributed by atoms with E-state index in [1.807, 2.05) is 7.05 Å². The molecular formula is C12H12N2O3. The third kappa shape index (κ3) is 2.13. The van der Waals surface area contributed by atoms with Crippen LogP contribution in [0.5, 0.6) is 0 Å². The van der Waals surface area contributed by atoms with Crippen LogP contribution in [-0.4, -0.2) is 29.7 Å². The predicted octanol–water partition coefficient (Wildman–Crippen LogP) is 2.15. The molecule has 1 aromatic carbocycles. The van der Waals surface area contributed by atoms with Crippen molar-refractivity contribution < 1.29 is 14.3 Å². The number of likely N-dealkylation sites (N-methyl/N-ethyl adjacent to an activating group) is 1. The van der Waals surface area contributed by atoms with E-state index in [2.05, 4.69) is 11.6 Å². The highest BCUT2D eigenvalue weighted by Gasteiger charge is 2.11. The van der Waals surface area contributed by atoms with Crippen LogP contribution >= 0.6 is 0 Å². The van der Waals surface area contributed by atoms with E-state index in [1.165, 1.54) is 12.1 Å². The largest absolute Gasteiger partial charge is 0.478 e. The number of carboxylic acids is 1. The minimum Gasteiger partial charge on any atom is -0.478 e. The number of oxazole rings is 1. The van der Waals surface area contributed by atoms with Crippen molar-refractivity contribution in [3.63, 3.8) is 0 Å². The van der Waals surface area contributed by atoms with Gasteiger partial charge in [0.1, 0.15) is 5.52 Å². The molecule has 2 rings (SSSR count). The molecule has 0 atom stereocenters. The van der Waals surface area contributed by atoms with E-state index >= 15 is 0 Å². The maximum absolute atomic E-state index is 10.8. The summed E-state index contributed by atoms with van der Waals surface area (Å²) in [6, 6.07) is 5.05. The fourth-order valence-corrected chi connectivity index (χ4v) is 1.48. The van der Waals surface area contributed by atoms with Crippen molar-refractivity contribution in [3.8, 4) is 0 Å². The molecule has 0 radical (unpaired) electrons. The lowest BCUT2D eigenvalue weighted by molar-refractivity contribution is 0.0697. The van der Waals surface area contributed by atoms with Gasteiger partial charge in [-0.1, -0.05) is 6.08 Å². The van der Waals surface area contributed by atoms with Gasteiger partial charge in [-0.3, -0.25) is 0 Å². The zero-order valence-electron chi connectivity index (χ0n) is 9.38. The van der Waals surface area contributed by atoms with Crippen LogP contribution in [0.25, 0.3) is 11.1 Å². The van der Waals surface area contributed by atoms with Gasteiger partial charge in [-0.2, -0.15) is 4.98 Å². The summed E-state index contributed by atoms with van der Waals surface area (Å²) in [4.78, 5) is 16.8. The van der Waals surface area contributed by atoms with Crippen LogP contribution in [0.15, 0.2) is 35.3 Å². The van der Waals surface area contributed by atoms with E-state index < -0.39 is 5.97 Å². The third-order valence-corrected chi connectivity index (χ3v) is 2.35. The third-order valence-electron chi connectivity index (χ3n) is 2.35. The van der Waals surface area contributed by atoms with Gasteiger partial charge >= 0.3 is 5.97 Å². The summed E-state index contributed by atoms with van der Waals surface area (Å²) in [5, 5.41) is 8.86. The molecule has 0 amide bonds. The molecule has 0 aliphatic heterocycles. The lowest BCUT2D eigenvalue weighted by atomic mass is 10.2. The van der Waals surface area contributed by atoms with Crippen molar-refractivity contribution >= 4 is 23.1 Å². The Morgan fingerprint density at radius 1 is 1.65 bits per heavy atom. The molecule has 0 aliphatic carbocycles. The van der Waals surface area contributed by atoms with Crippen LogP contribution < -0.4 is 4.90 Å². The van der Waals surface area contributed by atoms with Crippen molar-refractivity contribution in [1.82, 2.24) is 4.98 Å². The first kappa shape index (κ1) is 11.2. The number of hydrogen-bond acceptors (Lipinski definition) is 4. The highest BCUT2D eigenvalue weighted by Crippen LogP contribution is 2.22. The van der Waals surface area contributed by atoms with E-state index in [1.54, 1.807) is 17.0 Å². The zero-order valence-corrected chi connectivity index (χ0v) is 9.38. The van der Waals surface area contributed by atoms with Crippen LogP contribution in [0.3, 0.4) is 0 Å². The van der Waals surface area contributed by atoms with Gasteiger partial charge in [0.05, 0.1) is 5.56 Å². The summed E-state index contributed by atoms with van der Waals surface area (Å²) >= 11 is 0. The first-order valence-electron chi connectivity index (χ1n) is 5.07. The highest BCUT2D eigenvalue weighted by atomic mass is 16.4. The van der Waals surface area contributed by atoms with Gasteiger partial charge < -0.3 is 14.4 Å². The molecule has 2 aromatic rings. The summed E-state index contributed by atoms with van der Waals surface area (Å²) in [5.74, 6) is -0.982. The molecule has 0 unspecified atom stereocenters. The number of carboxylic acid groups (broad SMARTS) is 1. The topological polar surface area (TPSA) is 66.6 Å². The normalized spacial score (nSPS) is 10.4. The van der Waals surface area contributed by atoms with Gasteiger partial charge in [-0.05, 0) is 18.2 Å². The van der Waals surface area contributed by atoms with Gasteiger partial charge in [0.25, 0.3) is 6.01 Å². The van der Waals surface area contributed by atoms with E-state index in [4.69, 9.17) is 9.52 Å². The fraction of sp³-hybridized carbons (Fsp3) is 0.167. The summed E-state index contributed by atoms with van der Waals surface area (Å²) in [6.45, 7) is 4.24. The van der Waals surface area contributed by atoms with Crippen molar-refractivity contribution in [1.29, 1.82) is 0 Å². The molecule has 0 fully saturated rings. The molecule has 0 spiro atoms. The Labute approximate surface area is 98.0 Å². The maximum Gasteiger partial charge on any atom is 0.335 e. The molecule has 5 heteroatoms. The Hall–Kier alpha value is -2.30. The Morgan fingerprint density at radius 2 is 2.41 bits per heavy atom. The number of rotatable bonds is 4. The van der Waals surface area contributed by atoms with E-state index in [0.29, 0.717) is 23.7 Å². The maximum atomic E-state index is 10.8. The van der Waals surface area contributed by atoms with Crippen LogP contribution in [0.2, 0.25) is 0 Å². The predicted molar refractivity (Wildman–Crippen MR) is 64.4 cm³/mol. The molecule has 17 heavy (non-hydrogen) atoms. The van der Waals surface area contributed by atoms with E-state index in [0.717, 1.165) is 0 Å². The van der Waals surface area contributed by atoms with Gasteiger partial charge in [-0.15, -0.1) is 6.58 Å². The number of aromatic carboxylic acids is 1. The van der Waals surface area contributed by atoms with Crippen molar-refractivity contribution in [2.45, 2.75) is 0 Å².